The van der Waals surface area contributed by atoms with Gasteiger partial charge >= 0.3 is 6.09 Å². The molecule has 2 aliphatic heterocycles. The molecule has 0 unspecified atom stereocenters. The molecule has 1 amide bonds. The third-order valence-corrected chi connectivity index (χ3v) is 4.17. The van der Waals surface area contributed by atoms with E-state index in [1.807, 2.05) is 19.1 Å². The number of hydrogen-bond acceptors (Lipinski definition) is 5. The van der Waals surface area contributed by atoms with E-state index in [0.717, 1.165) is 32.0 Å². The van der Waals surface area contributed by atoms with Crippen molar-refractivity contribution in [1.82, 2.24) is 9.88 Å². The van der Waals surface area contributed by atoms with Crippen molar-refractivity contribution < 1.29 is 19.4 Å². The highest BCUT2D eigenvalue weighted by Gasteiger charge is 2.33. The number of ether oxygens (including phenoxy) is 2. The maximum Gasteiger partial charge on any atom is 0.407 e. The lowest BCUT2D eigenvalue weighted by Crippen LogP contribution is -2.36. The van der Waals surface area contributed by atoms with Gasteiger partial charge in [-0.25, -0.2) is 9.78 Å². The van der Waals surface area contributed by atoms with Gasteiger partial charge in [0.05, 0.1) is 31.6 Å². The number of morpholine rings is 1. The van der Waals surface area contributed by atoms with Gasteiger partial charge in [-0.3, -0.25) is 0 Å². The molecule has 1 aromatic heterocycles. The van der Waals surface area contributed by atoms with Crippen LogP contribution >= 0.6 is 0 Å². The van der Waals surface area contributed by atoms with Crippen molar-refractivity contribution in [2.24, 2.45) is 0 Å². The molecule has 1 aromatic rings. The summed E-state index contributed by atoms with van der Waals surface area (Å²) in [6.07, 6.45) is 1.47. The fourth-order valence-corrected chi connectivity index (χ4v) is 2.96. The zero-order valence-electron chi connectivity index (χ0n) is 12.6. The zero-order valence-corrected chi connectivity index (χ0v) is 12.6. The molecule has 120 valence electrons. The van der Waals surface area contributed by atoms with Crippen LogP contribution in [-0.2, 0) is 4.74 Å². The minimum Gasteiger partial charge on any atom is -0.472 e. The summed E-state index contributed by atoms with van der Waals surface area (Å²) in [5.74, 6) is 0.543. The predicted molar refractivity (Wildman–Crippen MR) is 80.5 cm³/mol. The van der Waals surface area contributed by atoms with Crippen LogP contribution in [0.2, 0.25) is 0 Å². The summed E-state index contributed by atoms with van der Waals surface area (Å²) in [4.78, 5) is 19.0. The highest BCUT2D eigenvalue weighted by molar-refractivity contribution is 5.65. The number of nitrogens with zero attached hydrogens (tertiary/aromatic N) is 3. The van der Waals surface area contributed by atoms with Gasteiger partial charge in [-0.15, -0.1) is 0 Å². The second-order valence-electron chi connectivity index (χ2n) is 5.71. The molecule has 7 nitrogen and oxygen atoms in total. The molecule has 2 aliphatic rings. The molecule has 3 rings (SSSR count). The molecule has 0 aromatic carbocycles. The number of carbonyl (C=O) groups is 1. The van der Waals surface area contributed by atoms with E-state index in [4.69, 9.17) is 14.6 Å². The van der Waals surface area contributed by atoms with Crippen molar-refractivity contribution in [2.75, 3.05) is 37.7 Å². The van der Waals surface area contributed by atoms with Crippen LogP contribution in [0.5, 0.6) is 5.88 Å². The third kappa shape index (κ3) is 3.24. The molecule has 7 heteroatoms. The van der Waals surface area contributed by atoms with E-state index < -0.39 is 6.09 Å². The van der Waals surface area contributed by atoms with Crippen LogP contribution < -0.4 is 9.64 Å². The first kappa shape index (κ1) is 14.9. The van der Waals surface area contributed by atoms with Gasteiger partial charge < -0.3 is 24.4 Å². The molecule has 0 radical (unpaired) electrons. The normalized spacial score (nSPS) is 25.3. The highest BCUT2D eigenvalue weighted by Crippen LogP contribution is 2.23. The van der Waals surface area contributed by atoms with Crippen molar-refractivity contribution in [2.45, 2.75) is 25.5 Å². The van der Waals surface area contributed by atoms with E-state index in [-0.39, 0.29) is 12.1 Å². The molecular formula is C15H21N3O4. The quantitative estimate of drug-likeness (QED) is 0.910. The Bertz CT molecular complexity index is 516. The molecule has 2 fully saturated rings. The summed E-state index contributed by atoms with van der Waals surface area (Å²) in [6.45, 7) is 5.51. The van der Waals surface area contributed by atoms with E-state index >= 15 is 0 Å². The Morgan fingerprint density at radius 2 is 2.18 bits per heavy atom. The van der Waals surface area contributed by atoms with Gasteiger partial charge in [-0.05, 0) is 13.0 Å². The summed E-state index contributed by atoms with van der Waals surface area (Å²) in [5.41, 5.74) is 1.06. The molecule has 0 spiro atoms. The van der Waals surface area contributed by atoms with Gasteiger partial charge in [0.25, 0.3) is 0 Å². The largest absolute Gasteiger partial charge is 0.472 e. The number of amides is 1. The summed E-state index contributed by atoms with van der Waals surface area (Å²) >= 11 is 0. The fourth-order valence-electron chi connectivity index (χ4n) is 2.96. The highest BCUT2D eigenvalue weighted by atomic mass is 16.5. The molecule has 22 heavy (non-hydrogen) atoms. The molecule has 0 aliphatic carbocycles. The lowest BCUT2D eigenvalue weighted by molar-refractivity contribution is 0.122. The van der Waals surface area contributed by atoms with Crippen LogP contribution in [0.25, 0.3) is 0 Å². The van der Waals surface area contributed by atoms with E-state index in [1.165, 1.54) is 4.90 Å². The van der Waals surface area contributed by atoms with Crippen molar-refractivity contribution in [1.29, 1.82) is 0 Å². The molecular weight excluding hydrogens is 286 g/mol. The number of pyridine rings is 1. The Labute approximate surface area is 129 Å². The first-order valence-corrected chi connectivity index (χ1v) is 7.58. The van der Waals surface area contributed by atoms with Crippen LogP contribution in [0.4, 0.5) is 10.5 Å². The maximum atomic E-state index is 11.1. The topological polar surface area (TPSA) is 75.1 Å². The van der Waals surface area contributed by atoms with E-state index in [1.54, 1.807) is 6.20 Å². The van der Waals surface area contributed by atoms with Gasteiger partial charge in [0.2, 0.25) is 5.88 Å². The zero-order chi connectivity index (χ0) is 15.5. The molecule has 2 atom stereocenters. The van der Waals surface area contributed by atoms with Crippen molar-refractivity contribution in [3.8, 4) is 5.88 Å². The average Bonchev–Trinajstić information content (AvgIpc) is 2.90. The van der Waals surface area contributed by atoms with Gasteiger partial charge in [0, 0.05) is 31.6 Å². The average molecular weight is 307 g/mol. The Morgan fingerprint density at radius 1 is 1.41 bits per heavy atom. The summed E-state index contributed by atoms with van der Waals surface area (Å²) in [5, 5.41) is 9.09. The van der Waals surface area contributed by atoms with Crippen LogP contribution in [0.3, 0.4) is 0 Å². The summed E-state index contributed by atoms with van der Waals surface area (Å²) in [6, 6.07) is 3.81. The van der Waals surface area contributed by atoms with Crippen LogP contribution in [0.15, 0.2) is 18.3 Å². The monoisotopic (exact) mass is 307 g/mol. The SMILES string of the molecule is C[C@H]1C[C@@H](Oc2ccc(N3CCOCC3)cn2)CN1C(=O)O. The van der Waals surface area contributed by atoms with Crippen molar-refractivity contribution in [3.05, 3.63) is 18.3 Å². The number of aromatic nitrogens is 1. The fraction of sp³-hybridized carbons (Fsp3) is 0.600. The number of rotatable bonds is 3. The van der Waals surface area contributed by atoms with E-state index in [9.17, 15) is 4.79 Å². The third-order valence-electron chi connectivity index (χ3n) is 4.17. The Balaban J connectivity index is 1.58. The van der Waals surface area contributed by atoms with Crippen molar-refractivity contribution >= 4 is 11.8 Å². The standard InChI is InChI=1S/C15H21N3O4/c1-11-8-13(10-18(11)15(19)20)22-14-3-2-12(9-16-14)17-4-6-21-7-5-17/h2-3,9,11,13H,4-8,10H2,1H3,(H,19,20)/t11-,13+/m0/s1. The lowest BCUT2D eigenvalue weighted by Gasteiger charge is -2.28. The van der Waals surface area contributed by atoms with Gasteiger partial charge in [0.1, 0.15) is 6.10 Å². The Kier molecular flexibility index (Phi) is 4.33. The van der Waals surface area contributed by atoms with E-state index in [2.05, 4.69) is 9.88 Å². The maximum absolute atomic E-state index is 11.1. The molecule has 0 bridgehead atoms. The van der Waals surface area contributed by atoms with Crippen molar-refractivity contribution in [3.63, 3.8) is 0 Å². The number of carboxylic acid groups (broad SMARTS) is 1. The number of hydrogen-bond donors (Lipinski definition) is 1. The van der Waals surface area contributed by atoms with Crippen LogP contribution in [0, 0.1) is 0 Å². The van der Waals surface area contributed by atoms with Gasteiger partial charge in [-0.2, -0.15) is 0 Å². The Hall–Kier alpha value is -2.02. The lowest BCUT2D eigenvalue weighted by atomic mass is 10.2. The van der Waals surface area contributed by atoms with Gasteiger partial charge in [0.15, 0.2) is 0 Å². The molecule has 1 N–H and O–H groups in total. The van der Waals surface area contributed by atoms with E-state index in [0.29, 0.717) is 18.8 Å². The second-order valence-corrected chi connectivity index (χ2v) is 5.71. The molecule has 2 saturated heterocycles. The summed E-state index contributed by atoms with van der Waals surface area (Å²) in [7, 11) is 0. The first-order chi connectivity index (χ1) is 10.6. The summed E-state index contributed by atoms with van der Waals surface area (Å²) < 4.78 is 11.1. The second kappa shape index (κ2) is 6.39. The molecule has 3 heterocycles. The predicted octanol–water partition coefficient (Wildman–Crippen LogP) is 1.44. The minimum absolute atomic E-state index is 0.0184. The smallest absolute Gasteiger partial charge is 0.407 e. The number of likely N-dealkylation sites (tertiary alicyclic amines) is 1. The van der Waals surface area contributed by atoms with Crippen LogP contribution in [0.1, 0.15) is 13.3 Å². The van der Waals surface area contributed by atoms with Gasteiger partial charge in [-0.1, -0.05) is 0 Å². The first-order valence-electron chi connectivity index (χ1n) is 7.58. The Morgan fingerprint density at radius 3 is 2.77 bits per heavy atom. The molecule has 0 saturated carbocycles. The van der Waals surface area contributed by atoms with Crippen LogP contribution in [-0.4, -0.2) is 66.1 Å². The minimum atomic E-state index is -0.894. The number of anilines is 1.